The summed E-state index contributed by atoms with van der Waals surface area (Å²) in [6.45, 7) is 13.9. The molecule has 40 heavy (non-hydrogen) atoms. The first-order valence-corrected chi connectivity index (χ1v) is 22.2. The van der Waals surface area contributed by atoms with Crippen LogP contribution in [0.2, 0.25) is 17.3 Å². The standard InChI is InChI=1S/C37H44GeNO/c1-22(2)17-31-27-14-11-24(21-37(4,5)6)18-29(27)23(3)33-35-34-28(15-16-39(35)10)30-20-26(38(7,8)9)13-12-25(30)19-32(34)40-36(31)33/h11-16,18-20,22H,17,21H2,1-10H3/q+1. The van der Waals surface area contributed by atoms with E-state index in [1.165, 1.54) is 60.3 Å². The molecule has 1 aliphatic heterocycles. The Hall–Kier alpha value is -2.85. The number of aromatic nitrogens is 1. The zero-order valence-corrected chi connectivity index (χ0v) is 28.1. The van der Waals surface area contributed by atoms with Gasteiger partial charge in [0.25, 0.3) is 0 Å². The van der Waals surface area contributed by atoms with Crippen LogP contribution in [-0.4, -0.2) is 13.3 Å². The maximum atomic E-state index is 7.04. The Morgan fingerprint density at radius 2 is 1.62 bits per heavy atom. The van der Waals surface area contributed by atoms with E-state index in [1.54, 1.807) is 4.40 Å². The van der Waals surface area contributed by atoms with E-state index in [-0.39, 0.29) is 5.41 Å². The van der Waals surface area contributed by atoms with Gasteiger partial charge in [-0.15, -0.1) is 0 Å². The number of hydrogen-bond acceptors (Lipinski definition) is 1. The fraction of sp³-hybridized carbons (Fsp3) is 0.378. The number of rotatable bonds is 4. The summed E-state index contributed by atoms with van der Waals surface area (Å²) in [6.07, 6.45) is 4.30. The van der Waals surface area contributed by atoms with Crippen LogP contribution in [0.4, 0.5) is 0 Å². The van der Waals surface area contributed by atoms with Crippen molar-refractivity contribution < 1.29 is 9.30 Å². The van der Waals surface area contributed by atoms with Gasteiger partial charge in [0.15, 0.2) is 0 Å². The number of nitrogens with zero attached hydrogens (tertiary/aromatic N) is 1. The third kappa shape index (κ3) is 4.53. The Kier molecular flexibility index (Phi) is 6.38. The van der Waals surface area contributed by atoms with Crippen molar-refractivity contribution in [3.63, 3.8) is 0 Å². The normalized spacial score (nSPS) is 13.4. The Morgan fingerprint density at radius 1 is 0.875 bits per heavy atom. The second kappa shape index (κ2) is 9.34. The molecule has 0 fully saturated rings. The monoisotopic (exact) mass is 592 g/mol. The first-order valence-electron chi connectivity index (χ1n) is 14.9. The van der Waals surface area contributed by atoms with Gasteiger partial charge in [-0.05, 0) is 5.41 Å². The molecule has 0 spiro atoms. The molecule has 0 unspecified atom stereocenters. The van der Waals surface area contributed by atoms with Gasteiger partial charge in [0, 0.05) is 0 Å². The van der Waals surface area contributed by atoms with Gasteiger partial charge < -0.3 is 0 Å². The third-order valence-corrected chi connectivity index (χ3v) is 12.8. The van der Waals surface area contributed by atoms with Crippen LogP contribution in [0.3, 0.4) is 0 Å². The fourth-order valence-corrected chi connectivity index (χ4v) is 9.12. The predicted octanol–water partition coefficient (Wildman–Crippen LogP) is 9.38. The van der Waals surface area contributed by atoms with Crippen LogP contribution in [0.25, 0.3) is 43.6 Å². The molecular weight excluding hydrogens is 547 g/mol. The molecule has 0 bridgehead atoms. The summed E-state index contributed by atoms with van der Waals surface area (Å²) < 4.78 is 10.9. The molecule has 5 aromatic rings. The fourth-order valence-electron chi connectivity index (χ4n) is 6.68. The maximum absolute atomic E-state index is 7.04. The van der Waals surface area contributed by atoms with Crippen LogP contribution < -0.4 is 13.7 Å². The molecule has 6 rings (SSSR count). The molecule has 0 saturated carbocycles. The molecule has 0 N–H and O–H groups in total. The summed E-state index contributed by atoms with van der Waals surface area (Å²) in [4.78, 5) is 0. The van der Waals surface area contributed by atoms with Crippen LogP contribution in [-0.2, 0) is 19.9 Å². The predicted molar refractivity (Wildman–Crippen MR) is 175 cm³/mol. The molecule has 2 nitrogen and oxygen atoms in total. The van der Waals surface area contributed by atoms with Crippen molar-refractivity contribution in [3.8, 4) is 22.8 Å². The Bertz CT molecular complexity index is 1830. The van der Waals surface area contributed by atoms with Crippen molar-refractivity contribution in [1.82, 2.24) is 0 Å². The van der Waals surface area contributed by atoms with E-state index in [9.17, 15) is 0 Å². The van der Waals surface area contributed by atoms with Crippen molar-refractivity contribution in [1.29, 1.82) is 0 Å². The Morgan fingerprint density at radius 3 is 2.30 bits per heavy atom. The minimum atomic E-state index is -1.99. The number of hydrogen-bond donors (Lipinski definition) is 0. The van der Waals surface area contributed by atoms with Crippen molar-refractivity contribution in [2.75, 3.05) is 0 Å². The average molecular weight is 591 g/mol. The van der Waals surface area contributed by atoms with Gasteiger partial charge in [0.1, 0.15) is 0 Å². The molecule has 3 heteroatoms. The molecule has 0 aliphatic carbocycles. The summed E-state index contributed by atoms with van der Waals surface area (Å²) in [5, 5.41) is 7.85. The minimum absolute atomic E-state index is 0.244. The summed E-state index contributed by atoms with van der Waals surface area (Å²) in [5.74, 6) is 9.99. The second-order valence-corrected chi connectivity index (χ2v) is 25.4. The van der Waals surface area contributed by atoms with Crippen LogP contribution in [0, 0.1) is 18.3 Å². The summed E-state index contributed by atoms with van der Waals surface area (Å²) in [5.41, 5.74) is 6.86. The number of pyridine rings is 1. The van der Waals surface area contributed by atoms with Gasteiger partial charge in [0.05, 0.1) is 0 Å². The second-order valence-electron chi connectivity index (χ2n) is 14.7. The molecule has 0 atom stereocenters. The van der Waals surface area contributed by atoms with E-state index in [4.69, 9.17) is 4.74 Å². The molecule has 0 amide bonds. The summed E-state index contributed by atoms with van der Waals surface area (Å²) in [7, 11) is 2.19. The average Bonchev–Trinajstić information content (AvgIpc) is 2.85. The number of fused-ring (bicyclic) bond motifs is 5. The zero-order chi connectivity index (χ0) is 28.7. The number of ether oxygens (including phenoxy) is 1. The van der Waals surface area contributed by atoms with Crippen LogP contribution >= 0.6 is 0 Å². The van der Waals surface area contributed by atoms with Crippen molar-refractivity contribution >= 4 is 50.0 Å². The topological polar surface area (TPSA) is 13.1 Å². The zero-order valence-electron chi connectivity index (χ0n) is 26.0. The quantitative estimate of drug-likeness (QED) is 0.113. The van der Waals surface area contributed by atoms with Gasteiger partial charge in [-0.1, -0.05) is 20.8 Å². The van der Waals surface area contributed by atoms with E-state index in [1.807, 2.05) is 0 Å². The summed E-state index contributed by atoms with van der Waals surface area (Å²) >= 11 is -1.99. The molecule has 0 saturated heterocycles. The van der Waals surface area contributed by atoms with Crippen molar-refractivity contribution in [2.24, 2.45) is 18.4 Å². The first kappa shape index (κ1) is 27.3. The summed E-state index contributed by atoms with van der Waals surface area (Å²) in [6, 6.07) is 18.9. The number of benzene rings is 4. The number of aryl methyl sites for hydroxylation is 2. The van der Waals surface area contributed by atoms with E-state index in [0.717, 1.165) is 24.3 Å². The van der Waals surface area contributed by atoms with Gasteiger partial charge in [-0.2, -0.15) is 0 Å². The Labute approximate surface area is 242 Å². The molecule has 4 aromatic carbocycles. The SMILES string of the molecule is Cc1c2c(c(CC(C)C)c3ccc(CC(C)(C)C)cc13)Oc1cc3cc[c]([Ge]([CH3])([CH3])[CH3])cc3c3cc[n+](C)c-2c13. The molecule has 1 aromatic heterocycles. The van der Waals surface area contributed by atoms with Crippen molar-refractivity contribution in [2.45, 2.75) is 71.7 Å². The van der Waals surface area contributed by atoms with E-state index < -0.39 is 13.3 Å². The van der Waals surface area contributed by atoms with E-state index in [2.05, 4.69) is 125 Å². The third-order valence-electron chi connectivity index (χ3n) is 8.55. The molecule has 0 radical (unpaired) electrons. The van der Waals surface area contributed by atoms with Gasteiger partial charge in [-0.25, -0.2) is 0 Å². The molecule has 2 heterocycles. The van der Waals surface area contributed by atoms with Crippen LogP contribution in [0.1, 0.15) is 51.3 Å². The van der Waals surface area contributed by atoms with E-state index in [0.29, 0.717) is 5.92 Å². The molecule has 206 valence electrons. The van der Waals surface area contributed by atoms with E-state index >= 15 is 0 Å². The molecule has 1 aliphatic rings. The molecular formula is C37H44GeNO+. The van der Waals surface area contributed by atoms with Crippen LogP contribution in [0.5, 0.6) is 11.5 Å². The van der Waals surface area contributed by atoms with Crippen molar-refractivity contribution in [3.05, 3.63) is 71.4 Å². The van der Waals surface area contributed by atoms with Crippen LogP contribution in [0.15, 0.2) is 54.7 Å². The van der Waals surface area contributed by atoms with Gasteiger partial charge in [-0.3, -0.25) is 0 Å². The van der Waals surface area contributed by atoms with Gasteiger partial charge >= 0.3 is 217 Å². The first-order chi connectivity index (χ1) is 18.7. The Balaban J connectivity index is 1.72. The van der Waals surface area contributed by atoms with Gasteiger partial charge in [0.2, 0.25) is 0 Å².